The maximum Gasteiger partial charge on any atom is 0.272 e. The quantitative estimate of drug-likeness (QED) is 0.643. The van der Waals surface area contributed by atoms with Crippen molar-refractivity contribution < 1.29 is 8.78 Å². The molecular formula is C13H9F2N3OS. The highest BCUT2D eigenvalue weighted by Gasteiger charge is 2.11. The molecule has 1 aromatic carbocycles. The van der Waals surface area contributed by atoms with Crippen molar-refractivity contribution in [3.8, 4) is 6.07 Å². The van der Waals surface area contributed by atoms with Crippen molar-refractivity contribution in [2.24, 2.45) is 0 Å². The van der Waals surface area contributed by atoms with Gasteiger partial charge >= 0.3 is 0 Å². The van der Waals surface area contributed by atoms with Crippen molar-refractivity contribution in [2.45, 2.75) is 11.6 Å². The fourth-order valence-corrected chi connectivity index (χ4v) is 2.16. The van der Waals surface area contributed by atoms with Crippen LogP contribution in [-0.4, -0.2) is 15.8 Å². The summed E-state index contributed by atoms with van der Waals surface area (Å²) in [5.74, 6) is -1.93. The van der Waals surface area contributed by atoms with Crippen molar-refractivity contribution in [3.05, 3.63) is 57.6 Å². The van der Waals surface area contributed by atoms with Gasteiger partial charge in [-0.3, -0.25) is 9.36 Å². The predicted molar refractivity (Wildman–Crippen MR) is 70.5 cm³/mol. The van der Waals surface area contributed by atoms with Crippen LogP contribution in [0.3, 0.4) is 0 Å². The third kappa shape index (κ3) is 2.70. The Morgan fingerprint density at radius 1 is 1.40 bits per heavy atom. The first-order chi connectivity index (χ1) is 9.56. The summed E-state index contributed by atoms with van der Waals surface area (Å²) in [5, 5.41) is 9.32. The van der Waals surface area contributed by atoms with Crippen LogP contribution in [0.4, 0.5) is 8.78 Å². The fourth-order valence-electron chi connectivity index (χ4n) is 1.67. The van der Waals surface area contributed by atoms with E-state index in [0.29, 0.717) is 10.6 Å². The largest absolute Gasteiger partial charge is 0.294 e. The molecule has 0 N–H and O–H groups in total. The van der Waals surface area contributed by atoms with Crippen LogP contribution in [0, 0.1) is 23.0 Å². The fraction of sp³-hybridized carbons (Fsp3) is 0.154. The number of halogens is 2. The molecule has 1 aromatic heterocycles. The number of benzene rings is 1. The van der Waals surface area contributed by atoms with Crippen LogP contribution in [0.15, 0.2) is 34.3 Å². The van der Waals surface area contributed by atoms with E-state index in [-0.39, 0.29) is 12.1 Å². The molecule has 2 aromatic rings. The molecule has 102 valence electrons. The van der Waals surface area contributed by atoms with Gasteiger partial charge in [-0.2, -0.15) is 5.26 Å². The Morgan fingerprint density at radius 3 is 2.75 bits per heavy atom. The maximum absolute atomic E-state index is 13.1. The van der Waals surface area contributed by atoms with Crippen molar-refractivity contribution in [1.82, 2.24) is 9.55 Å². The van der Waals surface area contributed by atoms with Crippen molar-refractivity contribution in [3.63, 3.8) is 0 Å². The number of nitrogens with zero attached hydrogens (tertiary/aromatic N) is 3. The molecule has 20 heavy (non-hydrogen) atoms. The lowest BCUT2D eigenvalue weighted by atomic mass is 10.2. The summed E-state index contributed by atoms with van der Waals surface area (Å²) < 4.78 is 27.1. The minimum Gasteiger partial charge on any atom is -0.294 e. The molecule has 0 aliphatic heterocycles. The lowest BCUT2D eigenvalue weighted by Crippen LogP contribution is -2.24. The van der Waals surface area contributed by atoms with Crippen LogP contribution in [-0.2, 0) is 6.54 Å². The molecule has 0 fully saturated rings. The third-order valence-electron chi connectivity index (χ3n) is 2.65. The Labute approximate surface area is 117 Å². The number of thioether (sulfide) groups is 1. The Bertz CT molecular complexity index is 752. The Hall–Kier alpha value is -2.20. The summed E-state index contributed by atoms with van der Waals surface area (Å²) in [7, 11) is 0. The minimum atomic E-state index is -0.982. The maximum atomic E-state index is 13.1. The van der Waals surface area contributed by atoms with Crippen LogP contribution < -0.4 is 5.56 Å². The van der Waals surface area contributed by atoms with Crippen molar-refractivity contribution in [1.29, 1.82) is 5.26 Å². The van der Waals surface area contributed by atoms with E-state index in [1.807, 2.05) is 6.07 Å². The molecule has 2 rings (SSSR count). The summed E-state index contributed by atoms with van der Waals surface area (Å²) in [4.78, 5) is 16.1. The lowest BCUT2D eigenvalue weighted by molar-refractivity contribution is 0.506. The summed E-state index contributed by atoms with van der Waals surface area (Å²) in [6.07, 6.45) is 3.00. The third-order valence-corrected chi connectivity index (χ3v) is 3.34. The molecule has 0 unspecified atom stereocenters. The molecule has 4 nitrogen and oxygen atoms in total. The van der Waals surface area contributed by atoms with Gasteiger partial charge in [-0.1, -0.05) is 6.07 Å². The van der Waals surface area contributed by atoms with Crippen LogP contribution in [0.25, 0.3) is 0 Å². The standard InChI is InChI=1S/C13H9F2N3OS/c1-20-12-9(5-16)13(19)18(7-17-12)6-8-2-3-10(14)11(15)4-8/h2-4,7H,6H2,1H3. The number of hydrogen-bond acceptors (Lipinski definition) is 4. The number of hydrogen-bond donors (Lipinski definition) is 0. The predicted octanol–water partition coefficient (Wildman–Crippen LogP) is 2.16. The summed E-state index contributed by atoms with van der Waals surface area (Å²) in [6.45, 7) is 0.0202. The van der Waals surface area contributed by atoms with Crippen LogP contribution in [0.2, 0.25) is 0 Å². The Balaban J connectivity index is 2.42. The van der Waals surface area contributed by atoms with Gasteiger partial charge in [0.1, 0.15) is 16.7 Å². The van der Waals surface area contributed by atoms with E-state index < -0.39 is 17.2 Å². The molecule has 0 aliphatic rings. The molecule has 0 aliphatic carbocycles. The smallest absolute Gasteiger partial charge is 0.272 e. The number of rotatable bonds is 3. The van der Waals surface area contributed by atoms with E-state index in [1.165, 1.54) is 28.7 Å². The number of nitriles is 1. The van der Waals surface area contributed by atoms with Gasteiger partial charge in [0, 0.05) is 0 Å². The average Bonchev–Trinajstić information content (AvgIpc) is 2.44. The first kappa shape index (κ1) is 14.2. The average molecular weight is 293 g/mol. The van der Waals surface area contributed by atoms with E-state index in [0.717, 1.165) is 12.1 Å². The normalized spacial score (nSPS) is 10.3. The van der Waals surface area contributed by atoms with E-state index in [4.69, 9.17) is 5.26 Å². The van der Waals surface area contributed by atoms with Crippen LogP contribution in [0.1, 0.15) is 11.1 Å². The molecule has 0 amide bonds. The lowest BCUT2D eigenvalue weighted by Gasteiger charge is -2.07. The molecule has 0 saturated carbocycles. The summed E-state index contributed by atoms with van der Waals surface area (Å²) in [6, 6.07) is 5.19. The molecule has 0 radical (unpaired) electrons. The van der Waals surface area contributed by atoms with Gasteiger partial charge in [-0.25, -0.2) is 13.8 Å². The minimum absolute atomic E-state index is 0.0202. The van der Waals surface area contributed by atoms with E-state index in [9.17, 15) is 13.6 Å². The Morgan fingerprint density at radius 2 is 2.15 bits per heavy atom. The number of aromatic nitrogens is 2. The molecule has 7 heteroatoms. The van der Waals surface area contributed by atoms with Gasteiger partial charge in [-0.15, -0.1) is 11.8 Å². The SMILES string of the molecule is CSc1ncn(Cc2ccc(F)c(F)c2)c(=O)c1C#N. The topological polar surface area (TPSA) is 58.7 Å². The second kappa shape index (κ2) is 5.84. The highest BCUT2D eigenvalue weighted by atomic mass is 32.2. The van der Waals surface area contributed by atoms with Gasteiger partial charge in [0.15, 0.2) is 11.6 Å². The second-order valence-electron chi connectivity index (χ2n) is 3.92. The zero-order chi connectivity index (χ0) is 14.7. The molecule has 0 saturated heterocycles. The highest BCUT2D eigenvalue weighted by Crippen LogP contribution is 2.13. The van der Waals surface area contributed by atoms with Gasteiger partial charge < -0.3 is 0 Å². The highest BCUT2D eigenvalue weighted by molar-refractivity contribution is 7.98. The second-order valence-corrected chi connectivity index (χ2v) is 4.72. The summed E-state index contributed by atoms with van der Waals surface area (Å²) >= 11 is 1.20. The zero-order valence-corrected chi connectivity index (χ0v) is 11.2. The molecular weight excluding hydrogens is 284 g/mol. The first-order valence-electron chi connectivity index (χ1n) is 5.54. The first-order valence-corrected chi connectivity index (χ1v) is 6.76. The van der Waals surface area contributed by atoms with Gasteiger partial charge in [0.05, 0.1) is 12.9 Å². The zero-order valence-electron chi connectivity index (χ0n) is 10.4. The van der Waals surface area contributed by atoms with Gasteiger partial charge in [0.25, 0.3) is 5.56 Å². The van der Waals surface area contributed by atoms with Crippen molar-refractivity contribution >= 4 is 11.8 Å². The van der Waals surface area contributed by atoms with Gasteiger partial charge in [-0.05, 0) is 24.0 Å². The van der Waals surface area contributed by atoms with E-state index in [2.05, 4.69) is 4.98 Å². The Kier molecular flexibility index (Phi) is 4.15. The molecule has 0 spiro atoms. The molecule has 0 atom stereocenters. The van der Waals surface area contributed by atoms with Gasteiger partial charge in [0.2, 0.25) is 0 Å². The van der Waals surface area contributed by atoms with Crippen molar-refractivity contribution in [2.75, 3.05) is 6.26 Å². The van der Waals surface area contributed by atoms with Crippen LogP contribution >= 0.6 is 11.8 Å². The molecule has 1 heterocycles. The van der Waals surface area contributed by atoms with Crippen LogP contribution in [0.5, 0.6) is 0 Å². The summed E-state index contributed by atoms with van der Waals surface area (Å²) in [5.41, 5.74) is -0.146. The van der Waals surface area contributed by atoms with E-state index >= 15 is 0 Å². The van der Waals surface area contributed by atoms with E-state index in [1.54, 1.807) is 6.26 Å². The monoisotopic (exact) mass is 293 g/mol. The molecule has 0 bridgehead atoms.